The average molecular weight is 396 g/mol. The van der Waals surface area contributed by atoms with E-state index in [9.17, 15) is 9.18 Å². The van der Waals surface area contributed by atoms with Crippen molar-refractivity contribution in [3.63, 3.8) is 0 Å². The van der Waals surface area contributed by atoms with Crippen LogP contribution in [0.5, 0.6) is 0 Å². The van der Waals surface area contributed by atoms with Gasteiger partial charge in [-0.05, 0) is 57.2 Å². The Morgan fingerprint density at radius 3 is 2.66 bits per heavy atom. The molecular weight excluding hydrogens is 371 g/mol. The number of amides is 1. The van der Waals surface area contributed by atoms with Crippen LogP contribution in [-0.4, -0.2) is 61.7 Å². The third-order valence-electron chi connectivity index (χ3n) is 6.38. The molecule has 1 amide bonds. The molecule has 0 N–H and O–H groups in total. The van der Waals surface area contributed by atoms with E-state index in [-0.39, 0.29) is 11.7 Å². The number of likely N-dealkylation sites (tertiary alicyclic amines) is 1. The van der Waals surface area contributed by atoms with Gasteiger partial charge in [-0.1, -0.05) is 0 Å². The van der Waals surface area contributed by atoms with E-state index < -0.39 is 0 Å². The van der Waals surface area contributed by atoms with Crippen LogP contribution >= 0.6 is 0 Å². The second-order valence-corrected chi connectivity index (χ2v) is 8.22. The Hall–Kier alpha value is -2.74. The molecule has 1 saturated heterocycles. The molecule has 2 aliphatic rings. The summed E-state index contributed by atoms with van der Waals surface area (Å²) in [6, 6.07) is 6.36. The first-order valence-corrected chi connectivity index (χ1v) is 10.2. The van der Waals surface area contributed by atoms with Gasteiger partial charge in [-0.3, -0.25) is 4.79 Å². The predicted molar refractivity (Wildman–Crippen MR) is 107 cm³/mol. The molecule has 152 valence electrons. The van der Waals surface area contributed by atoms with E-state index in [4.69, 9.17) is 0 Å². The standard InChI is InChI=1S/C21H25FN6O/c1-25-7-5-14(6-8-25)20-24-23-19-13-27(9-10-28(19)20)21(29)18-12-15-11-16(22)3-4-17(15)26(18)2/h3-4,11-12,14H,5-10,13H2,1-2H3. The first kappa shape index (κ1) is 18.3. The van der Waals surface area contributed by atoms with Gasteiger partial charge in [0.2, 0.25) is 0 Å². The first-order valence-electron chi connectivity index (χ1n) is 10.2. The molecule has 7 nitrogen and oxygen atoms in total. The second-order valence-electron chi connectivity index (χ2n) is 8.22. The Balaban J connectivity index is 1.37. The molecule has 0 radical (unpaired) electrons. The molecule has 3 aromatic rings. The average Bonchev–Trinajstić information content (AvgIpc) is 3.28. The topological polar surface area (TPSA) is 59.2 Å². The molecular formula is C21H25FN6O. The van der Waals surface area contributed by atoms with Crippen LogP contribution in [0.3, 0.4) is 0 Å². The summed E-state index contributed by atoms with van der Waals surface area (Å²) in [6.45, 7) is 3.96. The predicted octanol–water partition coefficient (Wildman–Crippen LogP) is 2.37. The van der Waals surface area contributed by atoms with E-state index in [1.165, 1.54) is 12.1 Å². The van der Waals surface area contributed by atoms with Gasteiger partial charge in [-0.25, -0.2) is 4.39 Å². The zero-order chi connectivity index (χ0) is 20.1. The molecule has 0 atom stereocenters. The van der Waals surface area contributed by atoms with Crippen LogP contribution in [0.1, 0.15) is 40.9 Å². The molecule has 0 spiro atoms. The lowest BCUT2D eigenvalue weighted by Gasteiger charge is -2.31. The van der Waals surface area contributed by atoms with Crippen molar-refractivity contribution in [3.8, 4) is 0 Å². The molecule has 1 fully saturated rings. The maximum atomic E-state index is 13.6. The van der Waals surface area contributed by atoms with Crippen LogP contribution in [0, 0.1) is 5.82 Å². The molecule has 0 aliphatic carbocycles. The summed E-state index contributed by atoms with van der Waals surface area (Å²) in [7, 11) is 4.00. The van der Waals surface area contributed by atoms with Crippen molar-refractivity contribution in [2.24, 2.45) is 7.05 Å². The molecule has 5 rings (SSSR count). The van der Waals surface area contributed by atoms with E-state index >= 15 is 0 Å². The van der Waals surface area contributed by atoms with E-state index in [0.717, 1.165) is 48.5 Å². The van der Waals surface area contributed by atoms with E-state index in [1.807, 2.05) is 16.5 Å². The zero-order valence-electron chi connectivity index (χ0n) is 16.8. The maximum absolute atomic E-state index is 13.6. The molecule has 0 unspecified atom stereocenters. The van der Waals surface area contributed by atoms with Crippen molar-refractivity contribution in [3.05, 3.63) is 47.4 Å². The van der Waals surface area contributed by atoms with Gasteiger partial charge in [0.15, 0.2) is 5.82 Å². The number of piperidine rings is 1. The normalized spacial score (nSPS) is 18.4. The van der Waals surface area contributed by atoms with Gasteiger partial charge in [0.05, 0.1) is 6.54 Å². The highest BCUT2D eigenvalue weighted by molar-refractivity contribution is 5.98. The lowest BCUT2D eigenvalue weighted by atomic mass is 9.96. The fraction of sp³-hybridized carbons (Fsp3) is 0.476. The minimum Gasteiger partial charge on any atom is -0.340 e. The number of fused-ring (bicyclic) bond motifs is 2. The van der Waals surface area contributed by atoms with Crippen LogP contribution in [0.2, 0.25) is 0 Å². The zero-order valence-corrected chi connectivity index (χ0v) is 16.8. The Bertz CT molecular complexity index is 1080. The number of carbonyl (C=O) groups is 1. The summed E-state index contributed by atoms with van der Waals surface area (Å²) >= 11 is 0. The summed E-state index contributed by atoms with van der Waals surface area (Å²) in [5.74, 6) is 2.01. The van der Waals surface area contributed by atoms with Crippen molar-refractivity contribution in [1.82, 2.24) is 29.1 Å². The molecule has 0 saturated carbocycles. The van der Waals surface area contributed by atoms with Gasteiger partial charge >= 0.3 is 0 Å². The smallest absolute Gasteiger partial charge is 0.270 e. The Morgan fingerprint density at radius 2 is 1.86 bits per heavy atom. The van der Waals surface area contributed by atoms with Crippen molar-refractivity contribution < 1.29 is 9.18 Å². The lowest BCUT2D eigenvalue weighted by Crippen LogP contribution is -2.40. The van der Waals surface area contributed by atoms with Gasteiger partial charge in [-0.15, -0.1) is 10.2 Å². The van der Waals surface area contributed by atoms with Crippen molar-refractivity contribution in [2.45, 2.75) is 31.8 Å². The van der Waals surface area contributed by atoms with Gasteiger partial charge in [0.25, 0.3) is 5.91 Å². The number of carbonyl (C=O) groups excluding carboxylic acids is 1. The highest BCUT2D eigenvalue weighted by Crippen LogP contribution is 2.29. The number of hydrogen-bond acceptors (Lipinski definition) is 4. The second kappa shape index (κ2) is 6.95. The van der Waals surface area contributed by atoms with Crippen LogP contribution in [0.25, 0.3) is 10.9 Å². The third-order valence-corrected chi connectivity index (χ3v) is 6.38. The number of hydrogen-bond donors (Lipinski definition) is 0. The van der Waals surface area contributed by atoms with Crippen molar-refractivity contribution in [2.75, 3.05) is 26.7 Å². The third kappa shape index (κ3) is 3.11. The summed E-state index contributed by atoms with van der Waals surface area (Å²) in [4.78, 5) is 17.3. The minimum atomic E-state index is -0.297. The van der Waals surface area contributed by atoms with Crippen LogP contribution in [-0.2, 0) is 20.1 Å². The van der Waals surface area contributed by atoms with Gasteiger partial charge in [0, 0.05) is 37.0 Å². The summed E-state index contributed by atoms with van der Waals surface area (Å²) in [6.07, 6.45) is 2.20. The molecule has 4 heterocycles. The SMILES string of the molecule is CN1CCC(c2nnc3n2CCN(C(=O)c2cc4cc(F)ccc4n2C)C3)CC1. The largest absolute Gasteiger partial charge is 0.340 e. The van der Waals surface area contributed by atoms with Crippen molar-refractivity contribution in [1.29, 1.82) is 0 Å². The van der Waals surface area contributed by atoms with E-state index in [0.29, 0.717) is 31.2 Å². The Kier molecular flexibility index (Phi) is 4.38. The maximum Gasteiger partial charge on any atom is 0.270 e. The fourth-order valence-electron chi connectivity index (χ4n) is 4.61. The number of benzene rings is 1. The number of aryl methyl sites for hydroxylation is 1. The number of rotatable bonds is 2. The fourth-order valence-corrected chi connectivity index (χ4v) is 4.61. The number of nitrogens with zero attached hydrogens (tertiary/aromatic N) is 6. The quantitative estimate of drug-likeness (QED) is 0.667. The molecule has 2 aliphatic heterocycles. The summed E-state index contributed by atoms with van der Waals surface area (Å²) < 4.78 is 17.6. The molecule has 1 aromatic carbocycles. The molecule has 2 aromatic heterocycles. The van der Waals surface area contributed by atoms with Crippen molar-refractivity contribution >= 4 is 16.8 Å². The summed E-state index contributed by atoms with van der Waals surface area (Å²) in [5, 5.41) is 9.62. The Morgan fingerprint density at radius 1 is 1.07 bits per heavy atom. The highest BCUT2D eigenvalue weighted by atomic mass is 19.1. The summed E-state index contributed by atoms with van der Waals surface area (Å²) in [5.41, 5.74) is 1.41. The van der Waals surface area contributed by atoms with Gasteiger partial charge in [0.1, 0.15) is 17.3 Å². The molecule has 8 heteroatoms. The number of aromatic nitrogens is 4. The molecule has 0 bridgehead atoms. The lowest BCUT2D eigenvalue weighted by molar-refractivity contribution is 0.0696. The monoisotopic (exact) mass is 396 g/mol. The van der Waals surface area contributed by atoms with E-state index in [1.54, 1.807) is 12.1 Å². The van der Waals surface area contributed by atoms with E-state index in [2.05, 4.69) is 26.7 Å². The minimum absolute atomic E-state index is 0.0563. The highest BCUT2D eigenvalue weighted by Gasteiger charge is 2.30. The van der Waals surface area contributed by atoms with Gasteiger partial charge < -0.3 is 18.9 Å². The molecule has 29 heavy (non-hydrogen) atoms. The van der Waals surface area contributed by atoms with Crippen LogP contribution in [0.15, 0.2) is 24.3 Å². The Labute approximate surface area is 168 Å². The van der Waals surface area contributed by atoms with Crippen LogP contribution in [0.4, 0.5) is 4.39 Å². The van der Waals surface area contributed by atoms with Gasteiger partial charge in [-0.2, -0.15) is 0 Å². The van der Waals surface area contributed by atoms with Crippen LogP contribution < -0.4 is 0 Å². The number of halogens is 1. The first-order chi connectivity index (χ1) is 14.0.